The van der Waals surface area contributed by atoms with Crippen LogP contribution in [0.5, 0.6) is 0 Å². The molecule has 116 valence electrons. The molecule has 0 saturated heterocycles. The lowest BCUT2D eigenvalue weighted by atomic mass is 10.1. The van der Waals surface area contributed by atoms with Crippen LogP contribution in [0.4, 0.5) is 0 Å². The number of nitrogens with one attached hydrogen (secondary N) is 1. The monoisotopic (exact) mass is 297 g/mol. The Morgan fingerprint density at radius 3 is 2.18 bits per heavy atom. The van der Waals surface area contributed by atoms with E-state index in [1.807, 2.05) is 42.5 Å². The van der Waals surface area contributed by atoms with Gasteiger partial charge in [0.1, 0.15) is 0 Å². The minimum atomic E-state index is 0.0679. The van der Waals surface area contributed by atoms with E-state index in [0.717, 1.165) is 24.8 Å². The molecule has 0 spiro atoms. The summed E-state index contributed by atoms with van der Waals surface area (Å²) in [5.74, 6) is 0.114. The smallest absolute Gasteiger partial charge is 0.220 e. The van der Waals surface area contributed by atoms with Crippen molar-refractivity contribution in [3.8, 4) is 0 Å². The van der Waals surface area contributed by atoms with Crippen LogP contribution in [0.15, 0.2) is 54.6 Å². The Kier molecular flexibility index (Phi) is 6.65. The van der Waals surface area contributed by atoms with E-state index in [-0.39, 0.29) is 12.5 Å². The summed E-state index contributed by atoms with van der Waals surface area (Å²) < 4.78 is 0. The van der Waals surface area contributed by atoms with E-state index >= 15 is 0 Å². The van der Waals surface area contributed by atoms with Gasteiger partial charge in [-0.3, -0.25) is 4.79 Å². The average Bonchev–Trinajstić information content (AvgIpc) is 2.56. The molecule has 0 unspecified atom stereocenters. The fourth-order valence-corrected chi connectivity index (χ4v) is 2.34. The highest BCUT2D eigenvalue weighted by Gasteiger charge is 2.01. The molecular weight excluding hydrogens is 274 g/mol. The van der Waals surface area contributed by atoms with Crippen molar-refractivity contribution in [2.45, 2.75) is 32.3 Å². The highest BCUT2D eigenvalue weighted by molar-refractivity contribution is 5.75. The first-order valence-corrected chi connectivity index (χ1v) is 7.77. The van der Waals surface area contributed by atoms with Crippen molar-refractivity contribution in [3.05, 3.63) is 71.3 Å². The molecule has 0 heterocycles. The van der Waals surface area contributed by atoms with Gasteiger partial charge in [-0.1, -0.05) is 54.6 Å². The molecular formula is C19H23NO2. The number of hydrogen-bond acceptors (Lipinski definition) is 2. The molecule has 0 radical (unpaired) electrons. The maximum absolute atomic E-state index is 11.8. The molecule has 1 amide bonds. The zero-order valence-electron chi connectivity index (χ0n) is 12.8. The number of benzene rings is 2. The highest BCUT2D eigenvalue weighted by Crippen LogP contribution is 2.06. The Hall–Kier alpha value is -2.13. The summed E-state index contributed by atoms with van der Waals surface area (Å²) in [6.45, 7) is 0.723. The SMILES string of the molecule is O=C(CCCc1ccccc1)NCCc1ccc(CO)cc1. The molecule has 3 nitrogen and oxygen atoms in total. The van der Waals surface area contributed by atoms with Crippen molar-refractivity contribution in [2.24, 2.45) is 0 Å². The van der Waals surface area contributed by atoms with Gasteiger partial charge >= 0.3 is 0 Å². The molecule has 2 N–H and O–H groups in total. The van der Waals surface area contributed by atoms with Gasteiger partial charge in [-0.2, -0.15) is 0 Å². The van der Waals surface area contributed by atoms with Crippen LogP contribution in [0.25, 0.3) is 0 Å². The van der Waals surface area contributed by atoms with E-state index in [1.165, 1.54) is 11.1 Å². The zero-order valence-corrected chi connectivity index (χ0v) is 12.8. The zero-order chi connectivity index (χ0) is 15.6. The number of aryl methyl sites for hydroxylation is 1. The summed E-state index contributed by atoms with van der Waals surface area (Å²) in [4.78, 5) is 11.8. The molecule has 0 aliphatic carbocycles. The first kappa shape index (κ1) is 16.2. The number of carbonyl (C=O) groups is 1. The second-order valence-electron chi connectivity index (χ2n) is 5.41. The molecule has 0 aromatic heterocycles. The third kappa shape index (κ3) is 5.70. The minimum absolute atomic E-state index is 0.0679. The lowest BCUT2D eigenvalue weighted by Gasteiger charge is -2.06. The number of rotatable bonds is 8. The van der Waals surface area contributed by atoms with Crippen LogP contribution in [0.1, 0.15) is 29.5 Å². The molecule has 0 bridgehead atoms. The van der Waals surface area contributed by atoms with Crippen molar-refractivity contribution in [3.63, 3.8) is 0 Å². The van der Waals surface area contributed by atoms with Gasteiger partial charge in [-0.05, 0) is 36.0 Å². The van der Waals surface area contributed by atoms with Gasteiger partial charge in [0.05, 0.1) is 6.61 Å². The van der Waals surface area contributed by atoms with Gasteiger partial charge in [0, 0.05) is 13.0 Å². The first-order valence-electron chi connectivity index (χ1n) is 7.77. The fourth-order valence-electron chi connectivity index (χ4n) is 2.34. The minimum Gasteiger partial charge on any atom is -0.392 e. The predicted octanol–water partition coefficient (Wildman–Crippen LogP) is 2.86. The Morgan fingerprint density at radius 2 is 1.50 bits per heavy atom. The van der Waals surface area contributed by atoms with Crippen LogP contribution in [-0.2, 0) is 24.2 Å². The molecule has 0 aliphatic heterocycles. The molecule has 0 saturated carbocycles. The summed E-state index contributed by atoms with van der Waals surface area (Å²) >= 11 is 0. The number of aliphatic hydroxyl groups is 1. The maximum atomic E-state index is 11.8. The number of amides is 1. The topological polar surface area (TPSA) is 49.3 Å². The Balaban J connectivity index is 1.61. The molecule has 22 heavy (non-hydrogen) atoms. The van der Waals surface area contributed by atoms with E-state index in [1.54, 1.807) is 0 Å². The summed E-state index contributed by atoms with van der Waals surface area (Å²) in [7, 11) is 0. The van der Waals surface area contributed by atoms with Crippen LogP contribution in [-0.4, -0.2) is 17.6 Å². The molecule has 0 atom stereocenters. The molecule has 3 heteroatoms. The van der Waals surface area contributed by atoms with Crippen LogP contribution in [0, 0.1) is 0 Å². The number of carbonyl (C=O) groups excluding carboxylic acids is 1. The first-order chi connectivity index (χ1) is 10.8. The van der Waals surface area contributed by atoms with Gasteiger partial charge in [0.15, 0.2) is 0 Å². The quantitative estimate of drug-likeness (QED) is 0.787. The summed E-state index contributed by atoms with van der Waals surface area (Å²) in [6, 6.07) is 18.0. The second-order valence-corrected chi connectivity index (χ2v) is 5.41. The largest absolute Gasteiger partial charge is 0.392 e. The van der Waals surface area contributed by atoms with Crippen LogP contribution in [0.3, 0.4) is 0 Å². The standard InChI is InChI=1S/C19H23NO2/c21-15-18-11-9-17(10-12-18)13-14-20-19(22)8-4-7-16-5-2-1-3-6-16/h1-3,5-6,9-12,21H,4,7-8,13-15H2,(H,20,22). The Morgan fingerprint density at radius 1 is 0.864 bits per heavy atom. The van der Waals surface area contributed by atoms with Crippen LogP contribution < -0.4 is 5.32 Å². The molecule has 0 aliphatic rings. The third-order valence-electron chi connectivity index (χ3n) is 3.65. The van der Waals surface area contributed by atoms with Crippen LogP contribution in [0.2, 0.25) is 0 Å². The van der Waals surface area contributed by atoms with Gasteiger partial charge in [-0.25, -0.2) is 0 Å². The van der Waals surface area contributed by atoms with E-state index in [0.29, 0.717) is 13.0 Å². The lowest BCUT2D eigenvalue weighted by Crippen LogP contribution is -2.25. The van der Waals surface area contributed by atoms with E-state index in [2.05, 4.69) is 17.4 Å². The number of aliphatic hydroxyl groups excluding tert-OH is 1. The molecule has 2 aromatic carbocycles. The van der Waals surface area contributed by atoms with Gasteiger partial charge in [0.2, 0.25) is 5.91 Å². The summed E-state index contributed by atoms with van der Waals surface area (Å²) in [5, 5.41) is 11.9. The van der Waals surface area contributed by atoms with Gasteiger partial charge < -0.3 is 10.4 Å². The molecule has 2 aromatic rings. The van der Waals surface area contributed by atoms with Crippen molar-refractivity contribution in [2.75, 3.05) is 6.54 Å². The van der Waals surface area contributed by atoms with Crippen molar-refractivity contribution >= 4 is 5.91 Å². The third-order valence-corrected chi connectivity index (χ3v) is 3.65. The number of hydrogen-bond donors (Lipinski definition) is 2. The van der Waals surface area contributed by atoms with Crippen molar-refractivity contribution < 1.29 is 9.90 Å². The van der Waals surface area contributed by atoms with E-state index in [4.69, 9.17) is 5.11 Å². The Bertz CT molecular complexity index is 564. The summed E-state index contributed by atoms with van der Waals surface area (Å²) in [5.41, 5.74) is 3.36. The predicted molar refractivity (Wildman–Crippen MR) is 88.5 cm³/mol. The maximum Gasteiger partial charge on any atom is 0.220 e. The molecule has 0 fully saturated rings. The normalized spacial score (nSPS) is 10.4. The van der Waals surface area contributed by atoms with Gasteiger partial charge in [0.25, 0.3) is 0 Å². The van der Waals surface area contributed by atoms with Crippen LogP contribution >= 0.6 is 0 Å². The molecule has 2 rings (SSSR count). The van der Waals surface area contributed by atoms with Gasteiger partial charge in [-0.15, -0.1) is 0 Å². The second kappa shape index (κ2) is 9.00. The fraction of sp³-hybridized carbons (Fsp3) is 0.316. The Labute approximate surface area is 132 Å². The highest BCUT2D eigenvalue weighted by atomic mass is 16.3. The van der Waals surface area contributed by atoms with E-state index in [9.17, 15) is 4.79 Å². The van der Waals surface area contributed by atoms with Crippen molar-refractivity contribution in [1.82, 2.24) is 5.32 Å². The summed E-state index contributed by atoms with van der Waals surface area (Å²) in [6.07, 6.45) is 3.20. The van der Waals surface area contributed by atoms with Crippen molar-refractivity contribution in [1.29, 1.82) is 0 Å². The van der Waals surface area contributed by atoms with E-state index < -0.39 is 0 Å². The average molecular weight is 297 g/mol. The lowest BCUT2D eigenvalue weighted by molar-refractivity contribution is -0.121.